The van der Waals surface area contributed by atoms with E-state index < -0.39 is 0 Å². The van der Waals surface area contributed by atoms with Crippen LogP contribution in [0.4, 0.5) is 5.69 Å². The average molecular weight is 529 g/mol. The molecule has 2 aromatic heterocycles. The molecule has 0 unspecified atom stereocenters. The molecule has 4 rings (SSSR count). The quantitative estimate of drug-likeness (QED) is 0.357. The second-order valence-corrected chi connectivity index (χ2v) is 10.6. The lowest BCUT2D eigenvalue weighted by Gasteiger charge is -2.30. The summed E-state index contributed by atoms with van der Waals surface area (Å²) in [6.45, 7) is 11.7. The number of amides is 1. The normalized spacial score (nSPS) is 15.0. The molecule has 3 aromatic rings. The monoisotopic (exact) mass is 528 g/mol. The van der Waals surface area contributed by atoms with E-state index in [1.807, 2.05) is 45.3 Å². The molecular formula is C31H40N6O2. The lowest BCUT2D eigenvalue weighted by Crippen LogP contribution is -2.32. The number of anilines is 1. The van der Waals surface area contributed by atoms with Gasteiger partial charge in [0.05, 0.1) is 24.7 Å². The summed E-state index contributed by atoms with van der Waals surface area (Å²) < 4.78 is 5.61. The Morgan fingerprint density at radius 3 is 2.59 bits per heavy atom. The molecule has 3 heterocycles. The second-order valence-electron chi connectivity index (χ2n) is 10.6. The first-order valence-corrected chi connectivity index (χ1v) is 13.7. The third kappa shape index (κ3) is 7.94. The molecule has 0 radical (unpaired) electrons. The van der Waals surface area contributed by atoms with Crippen LogP contribution in [0.5, 0.6) is 5.88 Å². The predicted molar refractivity (Wildman–Crippen MR) is 157 cm³/mol. The van der Waals surface area contributed by atoms with Crippen LogP contribution in [0, 0.1) is 12.8 Å². The molecule has 1 amide bonds. The molecule has 1 aliphatic rings. The largest absolute Gasteiger partial charge is 0.475 e. The molecule has 0 spiro atoms. The summed E-state index contributed by atoms with van der Waals surface area (Å²) in [5.74, 6) is 1.03. The van der Waals surface area contributed by atoms with Gasteiger partial charge in [0.15, 0.2) is 0 Å². The molecule has 0 aliphatic carbocycles. The summed E-state index contributed by atoms with van der Waals surface area (Å²) in [7, 11) is 1.81. The van der Waals surface area contributed by atoms with Crippen molar-refractivity contribution >= 4 is 17.3 Å². The molecule has 39 heavy (non-hydrogen) atoms. The van der Waals surface area contributed by atoms with Crippen LogP contribution in [0.15, 0.2) is 60.0 Å². The number of piperidine rings is 1. The number of carbonyl (C=O) groups excluding carboxylic acids is 1. The fourth-order valence-corrected chi connectivity index (χ4v) is 4.66. The molecule has 8 heteroatoms. The van der Waals surface area contributed by atoms with E-state index in [0.717, 1.165) is 47.8 Å². The van der Waals surface area contributed by atoms with E-state index in [1.165, 1.54) is 18.4 Å². The summed E-state index contributed by atoms with van der Waals surface area (Å²) in [5.41, 5.74) is 5.90. The van der Waals surface area contributed by atoms with Crippen molar-refractivity contribution < 1.29 is 9.53 Å². The molecule has 8 nitrogen and oxygen atoms in total. The number of nitrogens with one attached hydrogen (secondary N) is 2. The Morgan fingerprint density at radius 1 is 1.10 bits per heavy atom. The number of benzene rings is 1. The SMILES string of the molecule is CNCN=C(C(=O)Nc1ccc(OC(C)C)nc1)c1cc(-c2cncc(CN3CCC(C)CC3)c2)ccc1C. The molecule has 1 aliphatic heterocycles. The van der Waals surface area contributed by atoms with Crippen molar-refractivity contribution in [3.8, 4) is 17.0 Å². The Balaban J connectivity index is 1.56. The average Bonchev–Trinajstić information content (AvgIpc) is 2.92. The van der Waals surface area contributed by atoms with Gasteiger partial charge in [-0.1, -0.05) is 19.1 Å². The van der Waals surface area contributed by atoms with E-state index in [4.69, 9.17) is 4.74 Å². The first-order valence-electron chi connectivity index (χ1n) is 13.7. The molecule has 1 saturated heterocycles. The zero-order valence-electron chi connectivity index (χ0n) is 23.7. The Morgan fingerprint density at radius 2 is 1.90 bits per heavy atom. The number of likely N-dealkylation sites (tertiary alicyclic amines) is 1. The van der Waals surface area contributed by atoms with Gasteiger partial charge in [-0.05, 0) is 94.6 Å². The van der Waals surface area contributed by atoms with Gasteiger partial charge in [0.1, 0.15) is 5.71 Å². The topological polar surface area (TPSA) is 91.7 Å². The van der Waals surface area contributed by atoms with Gasteiger partial charge in [-0.25, -0.2) is 4.98 Å². The lowest BCUT2D eigenvalue weighted by atomic mass is 9.96. The molecule has 1 fully saturated rings. The summed E-state index contributed by atoms with van der Waals surface area (Å²) in [4.78, 5) is 29.4. The number of hydrogen-bond donors (Lipinski definition) is 2. The van der Waals surface area contributed by atoms with Crippen molar-refractivity contribution in [2.24, 2.45) is 10.9 Å². The van der Waals surface area contributed by atoms with Gasteiger partial charge in [0.25, 0.3) is 5.91 Å². The minimum Gasteiger partial charge on any atom is -0.475 e. The van der Waals surface area contributed by atoms with E-state index in [9.17, 15) is 4.79 Å². The van der Waals surface area contributed by atoms with Crippen molar-refractivity contribution in [2.75, 3.05) is 32.1 Å². The zero-order chi connectivity index (χ0) is 27.8. The van der Waals surface area contributed by atoms with Gasteiger partial charge in [0, 0.05) is 36.1 Å². The van der Waals surface area contributed by atoms with E-state index in [-0.39, 0.29) is 12.0 Å². The van der Waals surface area contributed by atoms with E-state index >= 15 is 0 Å². The van der Waals surface area contributed by atoms with Crippen LogP contribution in [0.25, 0.3) is 11.1 Å². The second kappa shape index (κ2) is 13.4. The maximum Gasteiger partial charge on any atom is 0.274 e. The number of aryl methyl sites for hydroxylation is 1. The zero-order valence-corrected chi connectivity index (χ0v) is 23.7. The van der Waals surface area contributed by atoms with Gasteiger partial charge in [-0.15, -0.1) is 0 Å². The van der Waals surface area contributed by atoms with Crippen molar-refractivity contribution in [3.05, 3.63) is 71.7 Å². The molecular weight excluding hydrogens is 488 g/mol. The Labute approximate surface area is 231 Å². The van der Waals surface area contributed by atoms with Crippen molar-refractivity contribution in [1.82, 2.24) is 20.2 Å². The highest BCUT2D eigenvalue weighted by atomic mass is 16.5. The highest BCUT2D eigenvalue weighted by Crippen LogP contribution is 2.25. The van der Waals surface area contributed by atoms with Crippen molar-refractivity contribution in [3.63, 3.8) is 0 Å². The van der Waals surface area contributed by atoms with Gasteiger partial charge < -0.3 is 15.4 Å². The van der Waals surface area contributed by atoms with Crippen LogP contribution >= 0.6 is 0 Å². The van der Waals surface area contributed by atoms with Gasteiger partial charge >= 0.3 is 0 Å². The third-order valence-electron chi connectivity index (χ3n) is 6.86. The molecule has 206 valence electrons. The Kier molecular flexibility index (Phi) is 9.79. The maximum atomic E-state index is 13.4. The molecule has 0 atom stereocenters. The van der Waals surface area contributed by atoms with E-state index in [2.05, 4.69) is 49.6 Å². The van der Waals surface area contributed by atoms with E-state index in [0.29, 0.717) is 23.9 Å². The van der Waals surface area contributed by atoms with Crippen LogP contribution in [-0.4, -0.2) is 59.4 Å². The number of ether oxygens (including phenoxy) is 1. The Hall–Kier alpha value is -3.62. The highest BCUT2D eigenvalue weighted by Gasteiger charge is 2.19. The minimum atomic E-state index is -0.295. The summed E-state index contributed by atoms with van der Waals surface area (Å²) in [6.07, 6.45) is 7.95. The highest BCUT2D eigenvalue weighted by molar-refractivity contribution is 6.49. The number of hydrogen-bond acceptors (Lipinski definition) is 7. The van der Waals surface area contributed by atoms with E-state index in [1.54, 1.807) is 25.4 Å². The summed E-state index contributed by atoms with van der Waals surface area (Å²) in [5, 5.41) is 5.96. The molecule has 2 N–H and O–H groups in total. The summed E-state index contributed by atoms with van der Waals surface area (Å²) >= 11 is 0. The fraction of sp³-hybridized carbons (Fsp3) is 0.419. The molecule has 1 aromatic carbocycles. The van der Waals surface area contributed by atoms with Crippen LogP contribution in [-0.2, 0) is 11.3 Å². The molecule has 0 saturated carbocycles. The van der Waals surface area contributed by atoms with Crippen LogP contribution in [0.3, 0.4) is 0 Å². The minimum absolute atomic E-state index is 0.0259. The first-order chi connectivity index (χ1) is 18.8. The predicted octanol–water partition coefficient (Wildman–Crippen LogP) is 5.08. The number of aromatic nitrogens is 2. The van der Waals surface area contributed by atoms with Gasteiger partial charge in [0.2, 0.25) is 5.88 Å². The van der Waals surface area contributed by atoms with Crippen LogP contribution < -0.4 is 15.4 Å². The summed E-state index contributed by atoms with van der Waals surface area (Å²) in [6, 6.07) is 11.9. The lowest BCUT2D eigenvalue weighted by molar-refractivity contribution is -0.110. The fourth-order valence-electron chi connectivity index (χ4n) is 4.66. The first kappa shape index (κ1) is 28.4. The number of carbonyl (C=O) groups is 1. The third-order valence-corrected chi connectivity index (χ3v) is 6.86. The van der Waals surface area contributed by atoms with Crippen molar-refractivity contribution in [2.45, 2.75) is 53.2 Å². The standard InChI is InChI=1S/C31H40N6O2/c1-21(2)39-29-9-8-27(18-34-29)36-31(38)30(35-20-32-5)28-15-25(7-6-23(28)4)26-14-24(16-33-17-26)19-37-12-10-22(3)11-13-37/h6-9,14-18,21-22,32H,10-13,19-20H2,1-5H3,(H,36,38). The number of pyridine rings is 2. The number of nitrogens with zero attached hydrogens (tertiary/aromatic N) is 4. The van der Waals surface area contributed by atoms with Crippen LogP contribution in [0.2, 0.25) is 0 Å². The number of rotatable bonds is 10. The maximum absolute atomic E-state index is 13.4. The molecule has 0 bridgehead atoms. The van der Waals surface area contributed by atoms with Gasteiger partial charge in [-0.2, -0.15) is 0 Å². The smallest absolute Gasteiger partial charge is 0.274 e. The van der Waals surface area contributed by atoms with Crippen molar-refractivity contribution in [1.29, 1.82) is 0 Å². The van der Waals surface area contributed by atoms with Crippen LogP contribution in [0.1, 0.15) is 50.3 Å². The van der Waals surface area contributed by atoms with Gasteiger partial charge in [-0.3, -0.25) is 19.7 Å². The Bertz CT molecular complexity index is 1280. The number of aliphatic imine (C=N–C) groups is 1.